The van der Waals surface area contributed by atoms with Crippen LogP contribution in [0.3, 0.4) is 0 Å². The van der Waals surface area contributed by atoms with Gasteiger partial charge >= 0.3 is 0 Å². The van der Waals surface area contributed by atoms with Gasteiger partial charge in [-0.05, 0) is 24.3 Å². The second-order valence-electron chi connectivity index (χ2n) is 6.43. The summed E-state index contributed by atoms with van der Waals surface area (Å²) in [6.07, 6.45) is 0.439. The van der Waals surface area contributed by atoms with Crippen LogP contribution in [-0.2, 0) is 4.79 Å². The molecule has 26 heavy (non-hydrogen) atoms. The minimum Gasteiger partial charge on any atom is -0.496 e. The molecule has 1 heterocycles. The third-order valence-electron chi connectivity index (χ3n) is 4.90. The van der Waals surface area contributed by atoms with Crippen molar-refractivity contribution in [3.8, 4) is 11.5 Å². The largest absolute Gasteiger partial charge is 0.496 e. The van der Waals surface area contributed by atoms with Crippen LogP contribution in [0.1, 0.15) is 36.6 Å². The summed E-state index contributed by atoms with van der Waals surface area (Å²) >= 11 is 6.94. The molecule has 0 spiro atoms. The van der Waals surface area contributed by atoms with Crippen molar-refractivity contribution in [3.63, 3.8) is 0 Å². The number of nitrogens with one attached hydrogen (secondary N) is 1. The Morgan fingerprint density at radius 1 is 0.962 bits per heavy atom. The average Bonchev–Trinajstić information content (AvgIpc) is 2.63. The molecule has 1 saturated heterocycles. The Morgan fingerprint density at radius 2 is 1.50 bits per heavy atom. The standard InChI is InChI=1S/C20H21Br2NO3/c1-11-17(24)10-16(14-6-4-12(21)8-18(14)25-2)23-20(11)15-7-5-13(22)9-19(15)26-3/h4-9,11,16,20,23H,10H2,1-3H3/t11-,16-,20-/m0/s1. The fourth-order valence-corrected chi connectivity index (χ4v) is 4.15. The number of hydrogen-bond donors (Lipinski definition) is 1. The minimum absolute atomic E-state index is 0.111. The molecule has 2 aromatic rings. The van der Waals surface area contributed by atoms with E-state index in [1.54, 1.807) is 14.2 Å². The van der Waals surface area contributed by atoms with Gasteiger partial charge in [-0.3, -0.25) is 4.79 Å². The van der Waals surface area contributed by atoms with Gasteiger partial charge in [0.05, 0.1) is 14.2 Å². The topological polar surface area (TPSA) is 47.6 Å². The molecule has 1 fully saturated rings. The Hall–Kier alpha value is -1.37. The van der Waals surface area contributed by atoms with Gasteiger partial charge < -0.3 is 14.8 Å². The van der Waals surface area contributed by atoms with Crippen molar-refractivity contribution in [2.24, 2.45) is 5.92 Å². The molecule has 0 saturated carbocycles. The van der Waals surface area contributed by atoms with Crippen LogP contribution in [0.5, 0.6) is 11.5 Å². The fourth-order valence-electron chi connectivity index (χ4n) is 3.47. The van der Waals surface area contributed by atoms with Crippen LogP contribution in [0.4, 0.5) is 0 Å². The van der Waals surface area contributed by atoms with Crippen molar-refractivity contribution in [2.45, 2.75) is 25.4 Å². The van der Waals surface area contributed by atoms with E-state index in [9.17, 15) is 4.79 Å². The van der Waals surface area contributed by atoms with Crippen LogP contribution in [0, 0.1) is 5.92 Å². The number of hydrogen-bond acceptors (Lipinski definition) is 4. The van der Waals surface area contributed by atoms with Gasteiger partial charge in [0.25, 0.3) is 0 Å². The molecule has 0 radical (unpaired) electrons. The summed E-state index contributed by atoms with van der Waals surface area (Å²) in [6, 6.07) is 11.6. The fraction of sp³-hybridized carbons (Fsp3) is 0.350. The van der Waals surface area contributed by atoms with E-state index in [-0.39, 0.29) is 23.8 Å². The van der Waals surface area contributed by atoms with E-state index >= 15 is 0 Å². The Balaban J connectivity index is 1.99. The maximum atomic E-state index is 12.8. The van der Waals surface area contributed by atoms with Crippen molar-refractivity contribution in [1.82, 2.24) is 5.32 Å². The number of rotatable bonds is 4. The van der Waals surface area contributed by atoms with E-state index < -0.39 is 0 Å². The molecular formula is C20H21Br2NO3. The number of methoxy groups -OCH3 is 2. The first-order valence-corrected chi connectivity index (χ1v) is 9.98. The van der Waals surface area contributed by atoms with Crippen LogP contribution in [0.25, 0.3) is 0 Å². The monoisotopic (exact) mass is 481 g/mol. The summed E-state index contributed by atoms with van der Waals surface area (Å²) in [7, 11) is 3.30. The number of halogens is 2. The van der Waals surface area contributed by atoms with Crippen LogP contribution in [0.2, 0.25) is 0 Å². The van der Waals surface area contributed by atoms with Gasteiger partial charge in [0.1, 0.15) is 17.3 Å². The SMILES string of the molecule is COc1cc(Br)ccc1[C@@H]1CC(=O)[C@H](C)[C@@H](c2ccc(Br)cc2OC)N1. The van der Waals surface area contributed by atoms with Gasteiger partial charge in [0.15, 0.2) is 0 Å². The first kappa shape index (κ1) is 19.4. The Morgan fingerprint density at radius 3 is 2.08 bits per heavy atom. The van der Waals surface area contributed by atoms with E-state index in [0.717, 1.165) is 31.6 Å². The van der Waals surface area contributed by atoms with Crippen molar-refractivity contribution in [2.75, 3.05) is 14.2 Å². The van der Waals surface area contributed by atoms with Gasteiger partial charge in [0.2, 0.25) is 0 Å². The van der Waals surface area contributed by atoms with Crippen molar-refractivity contribution in [1.29, 1.82) is 0 Å². The normalized spacial score (nSPS) is 23.0. The second kappa shape index (κ2) is 8.11. The molecule has 1 aliphatic rings. The van der Waals surface area contributed by atoms with Crippen molar-refractivity contribution in [3.05, 3.63) is 56.5 Å². The molecule has 138 valence electrons. The summed E-state index contributed by atoms with van der Waals surface area (Å²) in [5.74, 6) is 1.62. The first-order valence-electron chi connectivity index (χ1n) is 8.40. The van der Waals surface area contributed by atoms with Crippen LogP contribution in [-0.4, -0.2) is 20.0 Å². The quantitative estimate of drug-likeness (QED) is 0.649. The van der Waals surface area contributed by atoms with Gasteiger partial charge in [-0.15, -0.1) is 0 Å². The second-order valence-corrected chi connectivity index (χ2v) is 8.26. The Kier molecular flexibility index (Phi) is 6.05. The number of Topliss-reactive ketones (excluding diaryl/α,β-unsaturated/α-hetero) is 1. The predicted octanol–water partition coefficient (Wildman–Crippen LogP) is 5.21. The van der Waals surface area contributed by atoms with Crippen LogP contribution >= 0.6 is 31.9 Å². The molecule has 2 aromatic carbocycles. The molecule has 4 nitrogen and oxygen atoms in total. The molecule has 0 bridgehead atoms. The van der Waals surface area contributed by atoms with Gasteiger partial charge in [-0.1, -0.05) is 50.9 Å². The highest BCUT2D eigenvalue weighted by Crippen LogP contribution is 2.41. The summed E-state index contributed by atoms with van der Waals surface area (Å²) < 4.78 is 13.0. The van der Waals surface area contributed by atoms with E-state index in [1.807, 2.05) is 43.3 Å². The van der Waals surface area contributed by atoms with Gasteiger partial charge in [-0.2, -0.15) is 0 Å². The molecule has 0 unspecified atom stereocenters. The molecule has 3 atom stereocenters. The number of carbonyl (C=O) groups excluding carboxylic acids is 1. The highest BCUT2D eigenvalue weighted by atomic mass is 79.9. The lowest BCUT2D eigenvalue weighted by Gasteiger charge is -2.36. The predicted molar refractivity (Wildman–Crippen MR) is 109 cm³/mol. The van der Waals surface area contributed by atoms with E-state index in [2.05, 4.69) is 37.2 Å². The van der Waals surface area contributed by atoms with Crippen LogP contribution < -0.4 is 14.8 Å². The highest BCUT2D eigenvalue weighted by molar-refractivity contribution is 9.10. The van der Waals surface area contributed by atoms with Gasteiger partial charge in [-0.25, -0.2) is 0 Å². The summed E-state index contributed by atoms with van der Waals surface area (Å²) in [6.45, 7) is 1.97. The maximum absolute atomic E-state index is 12.8. The molecule has 6 heteroatoms. The Bertz CT molecular complexity index is 825. The zero-order valence-corrected chi connectivity index (χ0v) is 18.1. The lowest BCUT2D eigenvalue weighted by molar-refractivity contribution is -0.126. The Labute approximate surface area is 170 Å². The van der Waals surface area contributed by atoms with Crippen molar-refractivity contribution < 1.29 is 14.3 Å². The molecule has 1 N–H and O–H groups in total. The number of piperidine rings is 1. The van der Waals surface area contributed by atoms with E-state index in [0.29, 0.717) is 6.42 Å². The van der Waals surface area contributed by atoms with Crippen molar-refractivity contribution >= 4 is 37.6 Å². The number of ketones is 1. The number of ether oxygens (including phenoxy) is 2. The molecule has 0 aromatic heterocycles. The zero-order chi connectivity index (χ0) is 18.8. The number of benzene rings is 2. The maximum Gasteiger partial charge on any atom is 0.139 e. The molecule has 0 amide bonds. The molecule has 0 aliphatic carbocycles. The first-order chi connectivity index (χ1) is 12.4. The molecular weight excluding hydrogens is 462 g/mol. The van der Waals surface area contributed by atoms with E-state index in [1.165, 1.54) is 0 Å². The number of carbonyl (C=O) groups is 1. The van der Waals surface area contributed by atoms with E-state index in [4.69, 9.17) is 9.47 Å². The van der Waals surface area contributed by atoms with Crippen LogP contribution in [0.15, 0.2) is 45.3 Å². The minimum atomic E-state index is -0.136. The average molecular weight is 483 g/mol. The lowest BCUT2D eigenvalue weighted by Crippen LogP contribution is -2.41. The smallest absolute Gasteiger partial charge is 0.139 e. The summed E-state index contributed by atoms with van der Waals surface area (Å²) in [5.41, 5.74) is 1.97. The molecule has 1 aliphatic heterocycles. The third-order valence-corrected chi connectivity index (χ3v) is 5.88. The zero-order valence-electron chi connectivity index (χ0n) is 14.9. The third kappa shape index (κ3) is 3.82. The summed E-state index contributed by atoms with van der Waals surface area (Å²) in [5, 5.41) is 3.64. The molecule has 3 rings (SSSR count). The highest BCUT2D eigenvalue weighted by Gasteiger charge is 2.37. The van der Waals surface area contributed by atoms with Gasteiger partial charge in [0, 0.05) is 44.5 Å². The lowest BCUT2D eigenvalue weighted by atomic mass is 9.81. The summed E-state index contributed by atoms with van der Waals surface area (Å²) in [4.78, 5) is 12.8.